The van der Waals surface area contributed by atoms with E-state index in [-0.39, 0.29) is 0 Å². The van der Waals surface area contributed by atoms with Crippen molar-refractivity contribution in [3.8, 4) is 39.7 Å². The van der Waals surface area contributed by atoms with Crippen molar-refractivity contribution in [2.75, 3.05) is 0 Å². The standard InChI is InChI=1S/C22H15N3O2/c26-15-27-18-9-7-16(8-10-18)17-13-21(19-5-1-3-11-23-19)25-22(14-17)20-6-2-4-12-24-20/h1-15H. The zero-order chi connectivity index (χ0) is 18.5. The van der Waals surface area contributed by atoms with E-state index in [0.717, 1.165) is 33.9 Å². The van der Waals surface area contributed by atoms with E-state index in [0.29, 0.717) is 12.2 Å². The smallest absolute Gasteiger partial charge is 0.298 e. The Hall–Kier alpha value is -3.86. The fraction of sp³-hybridized carbons (Fsp3) is 0. The Labute approximate surface area is 156 Å². The van der Waals surface area contributed by atoms with Crippen LogP contribution in [0.2, 0.25) is 0 Å². The molecule has 0 aliphatic rings. The number of carbonyl (C=O) groups is 1. The maximum Gasteiger partial charge on any atom is 0.298 e. The number of hydrogen-bond acceptors (Lipinski definition) is 5. The van der Waals surface area contributed by atoms with E-state index in [9.17, 15) is 4.79 Å². The lowest BCUT2D eigenvalue weighted by atomic mass is 10.0. The predicted molar refractivity (Wildman–Crippen MR) is 103 cm³/mol. The first-order valence-corrected chi connectivity index (χ1v) is 8.39. The molecule has 0 saturated heterocycles. The molecule has 0 spiro atoms. The minimum absolute atomic E-state index is 0.416. The number of aromatic nitrogens is 3. The second-order valence-corrected chi connectivity index (χ2v) is 5.79. The van der Waals surface area contributed by atoms with Crippen molar-refractivity contribution in [3.05, 3.63) is 85.2 Å². The number of benzene rings is 1. The monoisotopic (exact) mass is 353 g/mol. The first-order valence-electron chi connectivity index (χ1n) is 8.39. The highest BCUT2D eigenvalue weighted by molar-refractivity contribution is 5.75. The SMILES string of the molecule is O=COc1ccc(-c2cc(-c3ccccn3)nc(-c3ccccn3)c2)cc1. The number of pyridine rings is 3. The van der Waals surface area contributed by atoms with Crippen molar-refractivity contribution in [1.29, 1.82) is 0 Å². The van der Waals surface area contributed by atoms with Crippen LogP contribution in [-0.4, -0.2) is 21.4 Å². The zero-order valence-corrected chi connectivity index (χ0v) is 14.3. The first-order chi connectivity index (χ1) is 13.3. The molecule has 3 heterocycles. The normalized spacial score (nSPS) is 10.4. The summed E-state index contributed by atoms with van der Waals surface area (Å²) in [5.41, 5.74) is 5.06. The molecule has 0 aliphatic heterocycles. The molecule has 3 aromatic heterocycles. The van der Waals surface area contributed by atoms with Crippen molar-refractivity contribution in [1.82, 2.24) is 15.0 Å². The largest absolute Gasteiger partial charge is 0.429 e. The van der Waals surface area contributed by atoms with E-state index in [1.54, 1.807) is 24.5 Å². The highest BCUT2D eigenvalue weighted by Crippen LogP contribution is 2.29. The average molecular weight is 353 g/mol. The molecule has 0 N–H and O–H groups in total. The van der Waals surface area contributed by atoms with E-state index >= 15 is 0 Å². The minimum Gasteiger partial charge on any atom is -0.429 e. The van der Waals surface area contributed by atoms with Crippen molar-refractivity contribution in [2.24, 2.45) is 0 Å². The lowest BCUT2D eigenvalue weighted by molar-refractivity contribution is -0.120. The summed E-state index contributed by atoms with van der Waals surface area (Å²) < 4.78 is 4.87. The van der Waals surface area contributed by atoms with Crippen molar-refractivity contribution >= 4 is 6.47 Å². The third-order valence-corrected chi connectivity index (χ3v) is 4.05. The van der Waals surface area contributed by atoms with Gasteiger partial charge < -0.3 is 4.74 Å². The van der Waals surface area contributed by atoms with Gasteiger partial charge >= 0.3 is 0 Å². The summed E-state index contributed by atoms with van der Waals surface area (Å²) in [7, 11) is 0. The van der Waals surface area contributed by atoms with Gasteiger partial charge in [-0.05, 0) is 59.7 Å². The summed E-state index contributed by atoms with van der Waals surface area (Å²) in [6.45, 7) is 0.416. The Bertz CT molecular complexity index is 992. The van der Waals surface area contributed by atoms with Crippen LogP contribution in [-0.2, 0) is 4.79 Å². The lowest BCUT2D eigenvalue weighted by Gasteiger charge is -2.09. The molecule has 0 unspecified atom stereocenters. The third kappa shape index (κ3) is 3.72. The van der Waals surface area contributed by atoms with Crippen LogP contribution in [0.25, 0.3) is 33.9 Å². The van der Waals surface area contributed by atoms with Gasteiger partial charge in [0.05, 0.1) is 22.8 Å². The van der Waals surface area contributed by atoms with Crippen LogP contribution in [0.3, 0.4) is 0 Å². The second-order valence-electron chi connectivity index (χ2n) is 5.79. The summed E-state index contributed by atoms with van der Waals surface area (Å²) in [6.07, 6.45) is 3.49. The molecule has 4 rings (SSSR count). The molecule has 0 aliphatic carbocycles. The van der Waals surface area contributed by atoms with Crippen molar-refractivity contribution < 1.29 is 9.53 Å². The number of nitrogens with zero attached hydrogens (tertiary/aromatic N) is 3. The maximum absolute atomic E-state index is 10.5. The molecule has 5 heteroatoms. The number of rotatable bonds is 5. The average Bonchev–Trinajstić information content (AvgIpc) is 2.75. The van der Waals surface area contributed by atoms with E-state index < -0.39 is 0 Å². The van der Waals surface area contributed by atoms with Gasteiger partial charge in [-0.2, -0.15) is 0 Å². The van der Waals surface area contributed by atoms with Gasteiger partial charge in [0.2, 0.25) is 0 Å². The summed E-state index contributed by atoms with van der Waals surface area (Å²) in [4.78, 5) is 24.1. The number of ether oxygens (including phenoxy) is 1. The Morgan fingerprint density at radius 2 is 1.26 bits per heavy atom. The van der Waals surface area contributed by atoms with E-state index in [4.69, 9.17) is 9.72 Å². The van der Waals surface area contributed by atoms with Gasteiger partial charge in [-0.3, -0.25) is 14.8 Å². The summed E-state index contributed by atoms with van der Waals surface area (Å²) in [5.74, 6) is 0.498. The van der Waals surface area contributed by atoms with Crippen LogP contribution >= 0.6 is 0 Å². The molecule has 130 valence electrons. The van der Waals surface area contributed by atoms with E-state index in [1.807, 2.05) is 60.7 Å². The molecule has 4 aromatic rings. The van der Waals surface area contributed by atoms with Gasteiger partial charge in [0.1, 0.15) is 5.75 Å². The minimum atomic E-state index is 0.416. The van der Waals surface area contributed by atoms with E-state index in [2.05, 4.69) is 9.97 Å². The highest BCUT2D eigenvalue weighted by atomic mass is 16.5. The van der Waals surface area contributed by atoms with Crippen LogP contribution in [0, 0.1) is 0 Å². The molecule has 0 fully saturated rings. The fourth-order valence-corrected chi connectivity index (χ4v) is 2.77. The maximum atomic E-state index is 10.5. The number of carbonyl (C=O) groups excluding carboxylic acids is 1. The van der Waals surface area contributed by atoms with Gasteiger partial charge in [-0.1, -0.05) is 24.3 Å². The molecule has 0 atom stereocenters. The Morgan fingerprint density at radius 3 is 1.74 bits per heavy atom. The molecule has 0 bridgehead atoms. The fourth-order valence-electron chi connectivity index (χ4n) is 2.77. The second kappa shape index (κ2) is 7.58. The first kappa shape index (κ1) is 16.6. The van der Waals surface area contributed by atoms with Gasteiger partial charge in [0.25, 0.3) is 6.47 Å². The van der Waals surface area contributed by atoms with E-state index in [1.165, 1.54) is 0 Å². The topological polar surface area (TPSA) is 65.0 Å². The predicted octanol–water partition coefficient (Wildman–Crippen LogP) is 4.41. The van der Waals surface area contributed by atoms with Crippen LogP contribution in [0.1, 0.15) is 0 Å². The molecule has 0 amide bonds. The third-order valence-electron chi connectivity index (χ3n) is 4.05. The molecule has 5 nitrogen and oxygen atoms in total. The van der Waals surface area contributed by atoms with Crippen LogP contribution in [0.15, 0.2) is 85.2 Å². The molecule has 27 heavy (non-hydrogen) atoms. The number of hydrogen-bond donors (Lipinski definition) is 0. The molecule has 0 saturated carbocycles. The Morgan fingerprint density at radius 1 is 0.667 bits per heavy atom. The van der Waals surface area contributed by atoms with Crippen LogP contribution in [0.5, 0.6) is 5.75 Å². The summed E-state index contributed by atoms with van der Waals surface area (Å²) in [5, 5.41) is 0. The van der Waals surface area contributed by atoms with Gasteiger partial charge in [0.15, 0.2) is 0 Å². The Kier molecular flexibility index (Phi) is 4.66. The lowest BCUT2D eigenvalue weighted by Crippen LogP contribution is -1.94. The molecular formula is C22H15N3O2. The Balaban J connectivity index is 1.84. The van der Waals surface area contributed by atoms with Crippen molar-refractivity contribution in [2.45, 2.75) is 0 Å². The van der Waals surface area contributed by atoms with Gasteiger partial charge in [0, 0.05) is 12.4 Å². The molecule has 1 aromatic carbocycles. The quantitative estimate of drug-likeness (QED) is 0.497. The van der Waals surface area contributed by atoms with Crippen LogP contribution in [0.4, 0.5) is 0 Å². The molecule has 0 radical (unpaired) electrons. The zero-order valence-electron chi connectivity index (χ0n) is 14.3. The van der Waals surface area contributed by atoms with Gasteiger partial charge in [-0.15, -0.1) is 0 Å². The molecular weight excluding hydrogens is 338 g/mol. The summed E-state index contributed by atoms with van der Waals surface area (Å²) in [6, 6.07) is 22.8. The highest BCUT2D eigenvalue weighted by Gasteiger charge is 2.10. The van der Waals surface area contributed by atoms with Crippen LogP contribution < -0.4 is 4.74 Å². The summed E-state index contributed by atoms with van der Waals surface area (Å²) >= 11 is 0. The van der Waals surface area contributed by atoms with Gasteiger partial charge in [-0.25, -0.2) is 4.98 Å². The van der Waals surface area contributed by atoms with Crippen molar-refractivity contribution in [3.63, 3.8) is 0 Å².